The third-order valence-corrected chi connectivity index (χ3v) is 6.10. The minimum Gasteiger partial charge on any atom is -0.493 e. The van der Waals surface area contributed by atoms with E-state index >= 15 is 0 Å². The highest BCUT2D eigenvalue weighted by atomic mass is 35.5. The lowest BCUT2D eigenvalue weighted by Crippen LogP contribution is -2.38. The molecule has 26 heavy (non-hydrogen) atoms. The highest BCUT2D eigenvalue weighted by molar-refractivity contribution is 7.93. The number of hydrogen-bond acceptors (Lipinski definition) is 4. The van der Waals surface area contributed by atoms with Gasteiger partial charge < -0.3 is 4.74 Å². The first-order valence-electron chi connectivity index (χ1n) is 8.08. The van der Waals surface area contributed by atoms with Crippen molar-refractivity contribution in [1.29, 1.82) is 0 Å². The molecule has 3 rings (SSSR count). The first kappa shape index (κ1) is 18.5. The number of ether oxygens (including phenoxy) is 1. The molecule has 0 radical (unpaired) electrons. The molecular formula is C19H18ClNO4S. The number of benzene rings is 2. The van der Waals surface area contributed by atoms with Gasteiger partial charge in [-0.1, -0.05) is 24.2 Å². The summed E-state index contributed by atoms with van der Waals surface area (Å²) < 4.78 is 33.2. The molecule has 2 aromatic carbocycles. The van der Waals surface area contributed by atoms with Crippen molar-refractivity contribution in [2.24, 2.45) is 0 Å². The molecule has 0 aromatic heterocycles. The van der Waals surface area contributed by atoms with Crippen LogP contribution in [0.25, 0.3) is 0 Å². The van der Waals surface area contributed by atoms with E-state index in [1.807, 2.05) is 0 Å². The van der Waals surface area contributed by atoms with Crippen LogP contribution in [-0.2, 0) is 21.2 Å². The molecule has 0 spiro atoms. The van der Waals surface area contributed by atoms with E-state index in [0.29, 0.717) is 29.4 Å². The summed E-state index contributed by atoms with van der Waals surface area (Å²) in [6.45, 7) is 5.63. The zero-order valence-corrected chi connectivity index (χ0v) is 15.8. The van der Waals surface area contributed by atoms with E-state index in [1.165, 1.54) is 37.3 Å². The lowest BCUT2D eigenvalue weighted by atomic mass is 10.1. The number of sulfonamides is 1. The second-order valence-corrected chi connectivity index (χ2v) is 8.21. The fourth-order valence-corrected chi connectivity index (χ4v) is 4.67. The maximum Gasteiger partial charge on any atom is 0.271 e. The summed E-state index contributed by atoms with van der Waals surface area (Å²) in [6.07, 6.45) is 1.29. The average molecular weight is 392 g/mol. The fourth-order valence-electron chi connectivity index (χ4n) is 2.81. The van der Waals surface area contributed by atoms with Crippen molar-refractivity contribution in [1.82, 2.24) is 0 Å². The zero-order valence-electron chi connectivity index (χ0n) is 14.2. The highest BCUT2D eigenvalue weighted by Crippen LogP contribution is 2.34. The molecule has 136 valence electrons. The standard InChI is InChI=1S/C19H18ClNO4S/c1-13(2)19(22)21(15-10-8-14(20)9-11-15)26(23,24)18-7-3-6-17-16(18)5-4-12-25-17/h3,6-11H,1,4-5,12H2,2H3. The van der Waals surface area contributed by atoms with Gasteiger partial charge in [0.1, 0.15) is 5.75 Å². The Bertz CT molecular complexity index is 968. The molecular weight excluding hydrogens is 374 g/mol. The van der Waals surface area contributed by atoms with Crippen LogP contribution < -0.4 is 9.04 Å². The molecule has 0 atom stereocenters. The summed E-state index contributed by atoms with van der Waals surface area (Å²) in [6, 6.07) is 10.9. The van der Waals surface area contributed by atoms with Crippen LogP contribution in [-0.4, -0.2) is 20.9 Å². The first-order valence-corrected chi connectivity index (χ1v) is 9.89. The summed E-state index contributed by atoms with van der Waals surface area (Å²) >= 11 is 5.90. The Balaban J connectivity index is 2.19. The van der Waals surface area contributed by atoms with Gasteiger partial charge in [0.25, 0.3) is 15.9 Å². The van der Waals surface area contributed by atoms with Crippen molar-refractivity contribution in [3.8, 4) is 5.75 Å². The molecule has 2 aromatic rings. The topological polar surface area (TPSA) is 63.7 Å². The lowest BCUT2D eigenvalue weighted by molar-refractivity contribution is -0.113. The van der Waals surface area contributed by atoms with Crippen LogP contribution in [0.3, 0.4) is 0 Å². The number of rotatable bonds is 4. The van der Waals surface area contributed by atoms with Crippen LogP contribution in [0.1, 0.15) is 18.9 Å². The van der Waals surface area contributed by atoms with E-state index in [4.69, 9.17) is 16.3 Å². The van der Waals surface area contributed by atoms with Gasteiger partial charge in [-0.3, -0.25) is 4.79 Å². The minimum atomic E-state index is -4.15. The second kappa shape index (κ2) is 7.13. The van der Waals surface area contributed by atoms with Crippen LogP contribution >= 0.6 is 11.6 Å². The summed E-state index contributed by atoms with van der Waals surface area (Å²) in [7, 11) is -4.15. The Kier molecular flexibility index (Phi) is 5.07. The van der Waals surface area contributed by atoms with E-state index < -0.39 is 15.9 Å². The number of hydrogen-bond donors (Lipinski definition) is 0. The molecule has 7 heteroatoms. The fraction of sp³-hybridized carbons (Fsp3) is 0.211. The van der Waals surface area contributed by atoms with Gasteiger partial charge in [-0.15, -0.1) is 0 Å². The Morgan fingerprint density at radius 2 is 1.88 bits per heavy atom. The van der Waals surface area contributed by atoms with Gasteiger partial charge >= 0.3 is 0 Å². The molecule has 1 aliphatic rings. The molecule has 1 aliphatic heterocycles. The number of amides is 1. The van der Waals surface area contributed by atoms with Gasteiger partial charge in [-0.25, -0.2) is 8.42 Å². The first-order chi connectivity index (χ1) is 12.3. The molecule has 0 saturated carbocycles. The van der Waals surface area contributed by atoms with Crippen LogP contribution in [0, 0.1) is 0 Å². The number of carbonyl (C=O) groups is 1. The normalized spacial score (nSPS) is 13.5. The quantitative estimate of drug-likeness (QED) is 0.740. The number of carbonyl (C=O) groups excluding carboxylic acids is 1. The van der Waals surface area contributed by atoms with Crippen molar-refractivity contribution in [3.63, 3.8) is 0 Å². The maximum absolute atomic E-state index is 13.4. The van der Waals surface area contributed by atoms with Gasteiger partial charge in [0.2, 0.25) is 0 Å². The molecule has 1 heterocycles. The van der Waals surface area contributed by atoms with Crippen molar-refractivity contribution in [2.45, 2.75) is 24.7 Å². The van der Waals surface area contributed by atoms with E-state index in [0.717, 1.165) is 10.7 Å². The predicted molar refractivity (Wildman–Crippen MR) is 101 cm³/mol. The molecule has 5 nitrogen and oxygen atoms in total. The summed E-state index contributed by atoms with van der Waals surface area (Å²) in [5.74, 6) is -0.155. The monoisotopic (exact) mass is 391 g/mol. The third-order valence-electron chi connectivity index (χ3n) is 4.05. The van der Waals surface area contributed by atoms with Crippen LogP contribution in [0.5, 0.6) is 5.75 Å². The van der Waals surface area contributed by atoms with Crippen molar-refractivity contribution < 1.29 is 17.9 Å². The molecule has 1 amide bonds. The van der Waals surface area contributed by atoms with Crippen LogP contribution in [0.2, 0.25) is 5.02 Å². The summed E-state index contributed by atoms with van der Waals surface area (Å²) in [4.78, 5) is 12.8. The molecule has 0 saturated heterocycles. The predicted octanol–water partition coefficient (Wildman–Crippen LogP) is 3.96. The van der Waals surface area contributed by atoms with Gasteiger partial charge in [-0.05, 0) is 56.2 Å². The molecule has 0 N–H and O–H groups in total. The van der Waals surface area contributed by atoms with Crippen molar-refractivity contribution >= 4 is 33.2 Å². The second-order valence-electron chi connectivity index (χ2n) is 6.02. The van der Waals surface area contributed by atoms with Crippen LogP contribution in [0.4, 0.5) is 5.69 Å². The van der Waals surface area contributed by atoms with E-state index in [1.54, 1.807) is 12.1 Å². The van der Waals surface area contributed by atoms with Crippen molar-refractivity contribution in [2.75, 3.05) is 10.9 Å². The van der Waals surface area contributed by atoms with E-state index in [9.17, 15) is 13.2 Å². The smallest absolute Gasteiger partial charge is 0.271 e. The molecule has 0 fully saturated rings. The Morgan fingerprint density at radius 1 is 1.19 bits per heavy atom. The average Bonchev–Trinajstić information content (AvgIpc) is 2.62. The summed E-state index contributed by atoms with van der Waals surface area (Å²) in [5, 5.41) is 0.444. The highest BCUT2D eigenvalue weighted by Gasteiger charge is 2.34. The molecule has 0 bridgehead atoms. The van der Waals surface area contributed by atoms with Gasteiger partial charge in [0, 0.05) is 16.2 Å². The van der Waals surface area contributed by atoms with Gasteiger partial charge in [-0.2, -0.15) is 4.31 Å². The lowest BCUT2D eigenvalue weighted by Gasteiger charge is -2.26. The Morgan fingerprint density at radius 3 is 2.54 bits per heavy atom. The Hall–Kier alpha value is -2.31. The third kappa shape index (κ3) is 3.34. The number of nitrogens with zero attached hydrogens (tertiary/aromatic N) is 1. The number of fused-ring (bicyclic) bond motifs is 1. The van der Waals surface area contributed by atoms with Crippen LogP contribution in [0.15, 0.2) is 59.5 Å². The molecule has 0 unspecified atom stereocenters. The number of halogens is 1. The van der Waals surface area contributed by atoms with Gasteiger partial charge in [0.05, 0.1) is 17.2 Å². The minimum absolute atomic E-state index is 0.0688. The largest absolute Gasteiger partial charge is 0.493 e. The maximum atomic E-state index is 13.4. The van der Waals surface area contributed by atoms with E-state index in [-0.39, 0.29) is 16.2 Å². The summed E-state index contributed by atoms with van der Waals surface area (Å²) in [5.41, 5.74) is 0.911. The van der Waals surface area contributed by atoms with Gasteiger partial charge in [0.15, 0.2) is 0 Å². The SMILES string of the molecule is C=C(C)C(=O)N(c1ccc(Cl)cc1)S(=O)(=O)c1cccc2c1CCCO2. The zero-order chi connectivity index (χ0) is 18.9. The van der Waals surface area contributed by atoms with Crippen molar-refractivity contribution in [3.05, 3.63) is 65.2 Å². The Labute approximate surface area is 157 Å². The molecule has 0 aliphatic carbocycles. The van der Waals surface area contributed by atoms with E-state index in [2.05, 4.69) is 6.58 Å². The number of anilines is 1.